The van der Waals surface area contributed by atoms with Gasteiger partial charge >= 0.3 is 0 Å². The molecule has 0 aromatic rings. The fourth-order valence-corrected chi connectivity index (χ4v) is 1.73. The van der Waals surface area contributed by atoms with Crippen molar-refractivity contribution in [3.63, 3.8) is 0 Å². The molecule has 1 rings (SSSR count). The molecule has 1 aliphatic rings. The van der Waals surface area contributed by atoms with E-state index in [0.29, 0.717) is 5.92 Å². The topological polar surface area (TPSA) is 29.1 Å². The third-order valence-electron chi connectivity index (χ3n) is 3.17. The molecule has 1 aliphatic carbocycles. The van der Waals surface area contributed by atoms with Gasteiger partial charge in [0.2, 0.25) is 5.91 Å². The van der Waals surface area contributed by atoms with Gasteiger partial charge in [-0.15, -0.1) is 11.8 Å². The van der Waals surface area contributed by atoms with Crippen molar-refractivity contribution in [2.75, 3.05) is 6.54 Å². The summed E-state index contributed by atoms with van der Waals surface area (Å²) in [6.07, 6.45) is 4.97. The molecule has 0 unspecified atom stereocenters. The zero-order valence-electron chi connectivity index (χ0n) is 10.7. The maximum absolute atomic E-state index is 11.8. The van der Waals surface area contributed by atoms with E-state index in [9.17, 15) is 4.79 Å². The number of amides is 1. The average molecular weight is 221 g/mol. The van der Waals surface area contributed by atoms with Crippen LogP contribution in [0, 0.1) is 23.2 Å². The second-order valence-corrected chi connectivity index (χ2v) is 4.97. The number of nitrogens with one attached hydrogen (secondary N) is 1. The van der Waals surface area contributed by atoms with Crippen LogP contribution in [0.3, 0.4) is 0 Å². The molecule has 2 heteroatoms. The minimum atomic E-state index is 0.00358. The standard InChI is InChI=1S/C14H23NO/c1-4-14(9-10-14)13(16)15-11-7-5-6-8-12(2)3/h12H,4-5,7,9-11H2,1-3H3,(H,15,16). The number of hydrogen-bond acceptors (Lipinski definition) is 1. The lowest BCUT2D eigenvalue weighted by Crippen LogP contribution is -2.32. The van der Waals surface area contributed by atoms with E-state index in [0.717, 1.165) is 38.6 Å². The van der Waals surface area contributed by atoms with Crippen molar-refractivity contribution in [2.45, 2.75) is 52.9 Å². The Morgan fingerprint density at radius 3 is 2.62 bits per heavy atom. The first kappa shape index (κ1) is 13.1. The molecule has 1 saturated carbocycles. The van der Waals surface area contributed by atoms with Crippen LogP contribution in [-0.2, 0) is 4.79 Å². The maximum Gasteiger partial charge on any atom is 0.226 e. The van der Waals surface area contributed by atoms with E-state index >= 15 is 0 Å². The first-order valence-electron chi connectivity index (χ1n) is 6.37. The highest BCUT2D eigenvalue weighted by atomic mass is 16.2. The second kappa shape index (κ2) is 5.94. The highest BCUT2D eigenvalue weighted by Gasteiger charge is 2.47. The largest absolute Gasteiger partial charge is 0.356 e. The van der Waals surface area contributed by atoms with Crippen molar-refractivity contribution < 1.29 is 4.79 Å². The molecule has 0 heterocycles. The van der Waals surface area contributed by atoms with Crippen LogP contribution in [0.1, 0.15) is 52.9 Å². The highest BCUT2D eigenvalue weighted by molar-refractivity contribution is 5.85. The van der Waals surface area contributed by atoms with Crippen molar-refractivity contribution in [3.05, 3.63) is 0 Å². The summed E-state index contributed by atoms with van der Waals surface area (Å²) in [5.74, 6) is 6.96. The number of unbranched alkanes of at least 4 members (excludes halogenated alkanes) is 1. The van der Waals surface area contributed by atoms with Gasteiger partial charge in [0.1, 0.15) is 0 Å². The van der Waals surface area contributed by atoms with Crippen LogP contribution in [0.4, 0.5) is 0 Å². The molecule has 1 amide bonds. The summed E-state index contributed by atoms with van der Waals surface area (Å²) in [4.78, 5) is 11.8. The van der Waals surface area contributed by atoms with Gasteiger partial charge in [0, 0.05) is 24.3 Å². The van der Waals surface area contributed by atoms with Gasteiger partial charge in [0.25, 0.3) is 0 Å². The summed E-state index contributed by atoms with van der Waals surface area (Å²) in [5.41, 5.74) is 0.00358. The molecule has 1 N–H and O–H groups in total. The first-order valence-corrected chi connectivity index (χ1v) is 6.37. The van der Waals surface area contributed by atoms with Crippen molar-refractivity contribution in [2.24, 2.45) is 11.3 Å². The Labute approximate surface area is 99.2 Å². The van der Waals surface area contributed by atoms with Crippen LogP contribution in [0.5, 0.6) is 0 Å². The zero-order valence-corrected chi connectivity index (χ0v) is 10.7. The van der Waals surface area contributed by atoms with E-state index in [1.54, 1.807) is 0 Å². The number of carbonyl (C=O) groups is 1. The van der Waals surface area contributed by atoms with Gasteiger partial charge in [0.15, 0.2) is 0 Å². The second-order valence-electron chi connectivity index (χ2n) is 4.97. The molecule has 0 radical (unpaired) electrons. The predicted molar refractivity (Wildman–Crippen MR) is 66.8 cm³/mol. The fourth-order valence-electron chi connectivity index (χ4n) is 1.73. The molecule has 1 fully saturated rings. The van der Waals surface area contributed by atoms with E-state index in [4.69, 9.17) is 0 Å². The fraction of sp³-hybridized carbons (Fsp3) is 0.786. The molecule has 90 valence electrons. The molecule has 2 nitrogen and oxygen atoms in total. The summed E-state index contributed by atoms with van der Waals surface area (Å²) in [5, 5.41) is 3.02. The Hall–Kier alpha value is -0.970. The summed E-state index contributed by atoms with van der Waals surface area (Å²) in [6, 6.07) is 0. The average Bonchev–Trinajstić information content (AvgIpc) is 3.03. The van der Waals surface area contributed by atoms with E-state index in [1.165, 1.54) is 0 Å². The van der Waals surface area contributed by atoms with Gasteiger partial charge in [-0.25, -0.2) is 0 Å². The van der Waals surface area contributed by atoms with Gasteiger partial charge in [0.05, 0.1) is 0 Å². The molecular weight excluding hydrogens is 198 g/mol. The van der Waals surface area contributed by atoms with E-state index < -0.39 is 0 Å². The molecule has 0 atom stereocenters. The van der Waals surface area contributed by atoms with E-state index in [2.05, 4.69) is 37.9 Å². The summed E-state index contributed by atoms with van der Waals surface area (Å²) < 4.78 is 0. The van der Waals surface area contributed by atoms with Gasteiger partial charge in [-0.1, -0.05) is 20.8 Å². The smallest absolute Gasteiger partial charge is 0.226 e. The monoisotopic (exact) mass is 221 g/mol. The molecule has 0 aromatic carbocycles. The van der Waals surface area contributed by atoms with Crippen LogP contribution in [0.2, 0.25) is 0 Å². The summed E-state index contributed by atoms with van der Waals surface area (Å²) >= 11 is 0. The van der Waals surface area contributed by atoms with Crippen LogP contribution in [0.15, 0.2) is 0 Å². The number of hydrogen-bond donors (Lipinski definition) is 1. The van der Waals surface area contributed by atoms with Crippen molar-refractivity contribution in [1.82, 2.24) is 5.32 Å². The SMILES string of the molecule is CCC1(C(=O)NCCCC#CC(C)C)CC1. The van der Waals surface area contributed by atoms with Gasteiger partial charge in [-0.2, -0.15) is 0 Å². The van der Waals surface area contributed by atoms with Gasteiger partial charge < -0.3 is 5.32 Å². The van der Waals surface area contributed by atoms with E-state index in [1.807, 2.05) is 0 Å². The Bertz CT molecular complexity index is 292. The van der Waals surface area contributed by atoms with Crippen LogP contribution in [0.25, 0.3) is 0 Å². The van der Waals surface area contributed by atoms with Crippen LogP contribution in [-0.4, -0.2) is 12.5 Å². The third kappa shape index (κ3) is 3.89. The Kier molecular flexibility index (Phi) is 4.86. The normalized spacial score (nSPS) is 16.5. The third-order valence-corrected chi connectivity index (χ3v) is 3.17. The van der Waals surface area contributed by atoms with Crippen molar-refractivity contribution >= 4 is 5.91 Å². The van der Waals surface area contributed by atoms with Gasteiger partial charge in [-0.3, -0.25) is 4.79 Å². The molecule has 0 spiro atoms. The summed E-state index contributed by atoms with van der Waals surface area (Å²) in [6.45, 7) is 7.05. The molecule has 16 heavy (non-hydrogen) atoms. The Morgan fingerprint density at radius 2 is 2.12 bits per heavy atom. The molecule has 0 aliphatic heterocycles. The lowest BCUT2D eigenvalue weighted by atomic mass is 10.0. The maximum atomic E-state index is 11.8. The molecular formula is C14H23NO. The molecule has 0 bridgehead atoms. The predicted octanol–water partition coefficient (Wildman–Crippen LogP) is 2.73. The first-order chi connectivity index (χ1) is 7.60. The molecule has 0 aromatic heterocycles. The Morgan fingerprint density at radius 1 is 1.44 bits per heavy atom. The number of carbonyl (C=O) groups excluding carboxylic acids is 1. The van der Waals surface area contributed by atoms with E-state index in [-0.39, 0.29) is 11.3 Å². The van der Waals surface area contributed by atoms with Crippen LogP contribution < -0.4 is 5.32 Å². The lowest BCUT2D eigenvalue weighted by molar-refractivity contribution is -0.126. The zero-order chi connectivity index (χ0) is 12.0. The van der Waals surface area contributed by atoms with Gasteiger partial charge in [-0.05, 0) is 25.7 Å². The minimum Gasteiger partial charge on any atom is -0.356 e. The minimum absolute atomic E-state index is 0.00358. The summed E-state index contributed by atoms with van der Waals surface area (Å²) in [7, 11) is 0. The highest BCUT2D eigenvalue weighted by Crippen LogP contribution is 2.48. The quantitative estimate of drug-likeness (QED) is 0.561. The lowest BCUT2D eigenvalue weighted by Gasteiger charge is -2.11. The molecule has 0 saturated heterocycles. The van der Waals surface area contributed by atoms with Crippen molar-refractivity contribution in [1.29, 1.82) is 0 Å². The van der Waals surface area contributed by atoms with Crippen molar-refractivity contribution in [3.8, 4) is 11.8 Å². The Balaban J connectivity index is 2.08. The number of rotatable bonds is 5. The van der Waals surface area contributed by atoms with Crippen LogP contribution >= 0.6 is 0 Å².